The SMILES string of the molecule is COc1ccc([C@H](N[C@@H](C)c2ccccc2)[P@](=O)(c2ccccc2)C2C[C@H](C)CC[C@H]2C(C)C)cc1. The predicted molar refractivity (Wildman–Crippen MR) is 153 cm³/mol. The molecule has 4 rings (SSSR count). The van der Waals surface area contributed by atoms with Gasteiger partial charge in [0.15, 0.2) is 0 Å². The standard InChI is InChI=1S/C32H42NO2P/c1-23(2)30-21-16-24(3)22-31(30)36(34,29-14-10-7-11-15-29)32(27-17-19-28(35-5)20-18-27)33-25(4)26-12-8-6-9-13-26/h6-15,17-20,23-25,30-33H,16,21-22H2,1-5H3/t24-,25+,30+,31?,32-,36+/m1/s1. The smallest absolute Gasteiger partial charge is 0.139 e. The van der Waals surface area contributed by atoms with Gasteiger partial charge in [-0.3, -0.25) is 5.32 Å². The average molecular weight is 504 g/mol. The number of nitrogens with one attached hydrogen (secondary N) is 1. The summed E-state index contributed by atoms with van der Waals surface area (Å²) in [7, 11) is -1.29. The molecule has 0 radical (unpaired) electrons. The van der Waals surface area contributed by atoms with Crippen LogP contribution in [0.5, 0.6) is 5.75 Å². The Bertz CT molecular complexity index is 1130. The molecule has 36 heavy (non-hydrogen) atoms. The second kappa shape index (κ2) is 11.8. The Labute approximate surface area is 218 Å². The third-order valence-electron chi connectivity index (χ3n) is 8.16. The van der Waals surface area contributed by atoms with Crippen molar-refractivity contribution in [2.75, 3.05) is 7.11 Å². The Morgan fingerprint density at radius 3 is 2.03 bits per heavy atom. The number of ether oxygens (including phenoxy) is 1. The van der Waals surface area contributed by atoms with Crippen LogP contribution in [-0.4, -0.2) is 12.8 Å². The number of rotatable bonds is 9. The lowest BCUT2D eigenvalue weighted by molar-refractivity contribution is 0.235. The summed E-state index contributed by atoms with van der Waals surface area (Å²) >= 11 is 0. The fraction of sp³-hybridized carbons (Fsp3) is 0.438. The summed E-state index contributed by atoms with van der Waals surface area (Å²) in [5.74, 6) is 2.02. The summed E-state index contributed by atoms with van der Waals surface area (Å²) in [5.41, 5.74) is 2.39. The van der Waals surface area contributed by atoms with Gasteiger partial charge in [0.2, 0.25) is 0 Å². The van der Waals surface area contributed by atoms with Crippen LogP contribution in [0.3, 0.4) is 0 Å². The minimum atomic E-state index is -2.98. The van der Waals surface area contributed by atoms with Gasteiger partial charge in [0.05, 0.1) is 12.9 Å². The molecule has 0 spiro atoms. The first kappa shape index (κ1) is 26.7. The normalized spacial score (nSPS) is 23.6. The van der Waals surface area contributed by atoms with Crippen molar-refractivity contribution < 1.29 is 9.30 Å². The molecule has 1 aliphatic carbocycles. The monoisotopic (exact) mass is 503 g/mol. The molecule has 1 N–H and O–H groups in total. The minimum absolute atomic E-state index is 0.0499. The first-order valence-electron chi connectivity index (χ1n) is 13.4. The van der Waals surface area contributed by atoms with Gasteiger partial charge in [-0.25, -0.2) is 0 Å². The second-order valence-electron chi connectivity index (χ2n) is 10.9. The molecule has 0 saturated heterocycles. The van der Waals surface area contributed by atoms with Crippen LogP contribution in [-0.2, 0) is 4.57 Å². The Morgan fingerprint density at radius 2 is 1.44 bits per heavy atom. The van der Waals surface area contributed by atoms with Gasteiger partial charge in [0.1, 0.15) is 12.9 Å². The van der Waals surface area contributed by atoms with Crippen LogP contribution in [0, 0.1) is 17.8 Å². The molecule has 6 atom stereocenters. The Hall–Kier alpha value is -2.35. The average Bonchev–Trinajstić information content (AvgIpc) is 2.92. The van der Waals surface area contributed by atoms with Crippen LogP contribution < -0.4 is 15.4 Å². The maximum Gasteiger partial charge on any atom is 0.139 e. The first-order chi connectivity index (χ1) is 17.3. The van der Waals surface area contributed by atoms with Gasteiger partial charge in [-0.2, -0.15) is 0 Å². The van der Waals surface area contributed by atoms with Crippen LogP contribution >= 0.6 is 7.14 Å². The fourth-order valence-corrected chi connectivity index (χ4v) is 10.6. The highest BCUT2D eigenvalue weighted by molar-refractivity contribution is 7.72. The van der Waals surface area contributed by atoms with Crippen LogP contribution in [0.2, 0.25) is 0 Å². The number of hydrogen-bond acceptors (Lipinski definition) is 3. The Kier molecular flexibility index (Phi) is 8.75. The summed E-state index contributed by atoms with van der Waals surface area (Å²) in [4.78, 5) is 0. The van der Waals surface area contributed by atoms with Crippen molar-refractivity contribution in [1.82, 2.24) is 5.32 Å². The lowest BCUT2D eigenvalue weighted by Gasteiger charge is -2.45. The van der Waals surface area contributed by atoms with Crippen molar-refractivity contribution in [3.05, 3.63) is 96.1 Å². The van der Waals surface area contributed by atoms with Crippen LogP contribution in [0.25, 0.3) is 0 Å². The van der Waals surface area contributed by atoms with Crippen molar-refractivity contribution in [2.45, 2.75) is 64.4 Å². The summed E-state index contributed by atoms with van der Waals surface area (Å²) in [6.45, 7) is 9.14. The Balaban J connectivity index is 1.89. The summed E-state index contributed by atoms with van der Waals surface area (Å²) < 4.78 is 21.4. The minimum Gasteiger partial charge on any atom is -0.497 e. The second-order valence-corrected chi connectivity index (χ2v) is 14.0. The van der Waals surface area contributed by atoms with E-state index in [2.05, 4.69) is 81.5 Å². The number of hydrogen-bond donors (Lipinski definition) is 1. The molecule has 4 heteroatoms. The van der Waals surface area contributed by atoms with E-state index in [1.54, 1.807) is 7.11 Å². The molecule has 1 saturated carbocycles. The molecule has 0 heterocycles. The molecule has 1 unspecified atom stereocenters. The molecule has 1 fully saturated rings. The molecule has 0 aliphatic heterocycles. The summed E-state index contributed by atoms with van der Waals surface area (Å²) in [6, 6.07) is 29.0. The van der Waals surface area contributed by atoms with Gasteiger partial charge in [0.25, 0.3) is 0 Å². The first-order valence-corrected chi connectivity index (χ1v) is 15.3. The quantitative estimate of drug-likeness (QED) is 0.299. The third-order valence-corrected chi connectivity index (χ3v) is 12.1. The molecule has 3 aromatic carbocycles. The van der Waals surface area contributed by atoms with Gasteiger partial charge >= 0.3 is 0 Å². The van der Waals surface area contributed by atoms with Gasteiger partial charge in [-0.05, 0) is 60.8 Å². The Morgan fingerprint density at radius 1 is 0.833 bits per heavy atom. The lowest BCUT2D eigenvalue weighted by atomic mass is 9.77. The lowest BCUT2D eigenvalue weighted by Crippen LogP contribution is -2.39. The predicted octanol–water partition coefficient (Wildman–Crippen LogP) is 8.19. The van der Waals surface area contributed by atoms with Crippen LogP contribution in [0.15, 0.2) is 84.9 Å². The van der Waals surface area contributed by atoms with Crippen molar-refractivity contribution in [3.63, 3.8) is 0 Å². The highest BCUT2D eigenvalue weighted by Gasteiger charge is 2.49. The fourth-order valence-electron chi connectivity index (χ4n) is 6.08. The summed E-state index contributed by atoms with van der Waals surface area (Å²) in [5, 5.41) is 4.88. The van der Waals surface area contributed by atoms with Gasteiger partial charge in [0, 0.05) is 17.0 Å². The topological polar surface area (TPSA) is 38.3 Å². The van der Waals surface area contributed by atoms with E-state index >= 15 is 4.57 Å². The molecular weight excluding hydrogens is 461 g/mol. The van der Waals surface area contributed by atoms with E-state index in [0.29, 0.717) is 17.8 Å². The molecule has 0 amide bonds. The third kappa shape index (κ3) is 5.63. The molecule has 192 valence electrons. The highest BCUT2D eigenvalue weighted by atomic mass is 31.2. The zero-order valence-electron chi connectivity index (χ0n) is 22.4. The van der Waals surface area contributed by atoms with Crippen LogP contribution in [0.1, 0.15) is 69.9 Å². The summed E-state index contributed by atoms with van der Waals surface area (Å²) in [6.07, 6.45) is 3.36. The molecule has 0 aromatic heterocycles. The van der Waals surface area contributed by atoms with Gasteiger partial charge < -0.3 is 9.30 Å². The van der Waals surface area contributed by atoms with Crippen molar-refractivity contribution in [3.8, 4) is 5.75 Å². The maximum absolute atomic E-state index is 16.0. The highest BCUT2D eigenvalue weighted by Crippen LogP contribution is 2.66. The molecule has 3 nitrogen and oxygen atoms in total. The maximum atomic E-state index is 16.0. The zero-order valence-corrected chi connectivity index (χ0v) is 23.3. The number of benzene rings is 3. The molecular formula is C32H42NO2P. The molecule has 3 aromatic rings. The van der Waals surface area contributed by atoms with E-state index in [9.17, 15) is 0 Å². The molecule has 1 aliphatic rings. The van der Waals surface area contributed by atoms with E-state index in [4.69, 9.17) is 4.74 Å². The van der Waals surface area contributed by atoms with Gasteiger partial charge in [-0.1, -0.05) is 100.0 Å². The largest absolute Gasteiger partial charge is 0.497 e. The van der Waals surface area contributed by atoms with Crippen molar-refractivity contribution >= 4 is 12.4 Å². The zero-order chi connectivity index (χ0) is 25.7. The van der Waals surface area contributed by atoms with E-state index in [1.165, 1.54) is 12.0 Å². The van der Waals surface area contributed by atoms with Gasteiger partial charge in [-0.15, -0.1) is 0 Å². The molecule has 0 bridgehead atoms. The van der Waals surface area contributed by atoms with Crippen molar-refractivity contribution in [2.24, 2.45) is 17.8 Å². The van der Waals surface area contributed by atoms with Crippen molar-refractivity contribution in [1.29, 1.82) is 0 Å². The van der Waals surface area contributed by atoms with Crippen LogP contribution in [0.4, 0.5) is 0 Å². The van der Waals surface area contributed by atoms with E-state index in [0.717, 1.165) is 29.5 Å². The van der Waals surface area contributed by atoms with E-state index in [1.807, 2.05) is 36.4 Å². The van der Waals surface area contributed by atoms with E-state index in [-0.39, 0.29) is 17.5 Å². The number of methoxy groups -OCH3 is 1. The van der Waals surface area contributed by atoms with E-state index < -0.39 is 7.14 Å².